The van der Waals surface area contributed by atoms with Gasteiger partial charge in [-0.2, -0.15) is 0 Å². The van der Waals surface area contributed by atoms with Crippen LogP contribution in [0.5, 0.6) is 0 Å². The molecule has 1 amide bonds. The summed E-state index contributed by atoms with van der Waals surface area (Å²) >= 11 is 3.29. The number of amides is 1. The molecule has 0 saturated heterocycles. The van der Waals surface area contributed by atoms with E-state index in [1.54, 1.807) is 33.9 Å². The molecule has 0 fully saturated rings. The quantitative estimate of drug-likeness (QED) is 0.513. The highest BCUT2D eigenvalue weighted by Gasteiger charge is 1.98. The van der Waals surface area contributed by atoms with Gasteiger partial charge in [0.1, 0.15) is 0 Å². The molecule has 1 heterocycles. The lowest BCUT2D eigenvalue weighted by molar-refractivity contribution is 0.262. The summed E-state index contributed by atoms with van der Waals surface area (Å²) in [6.07, 6.45) is 0. The Morgan fingerprint density at radius 1 is 1.91 bits per heavy atom. The van der Waals surface area contributed by atoms with Crippen molar-refractivity contribution in [2.24, 2.45) is 0 Å². The molecule has 0 aromatic carbocycles. The summed E-state index contributed by atoms with van der Waals surface area (Å²) in [5.41, 5.74) is 0.928. The number of hydrogen-bond donors (Lipinski definition) is 1. The van der Waals surface area contributed by atoms with E-state index in [0.717, 1.165) is 10.7 Å². The summed E-state index contributed by atoms with van der Waals surface area (Å²) in [5.74, 6) is 0. The fourth-order valence-electron chi connectivity index (χ4n) is 0.649. The zero-order chi connectivity index (χ0) is 8.27. The zero-order valence-electron chi connectivity index (χ0n) is 5.93. The van der Waals surface area contributed by atoms with E-state index >= 15 is 0 Å². The van der Waals surface area contributed by atoms with Crippen molar-refractivity contribution in [3.05, 3.63) is 16.1 Å². The lowest BCUT2D eigenvalue weighted by Crippen LogP contribution is -2.14. The molecule has 1 aromatic rings. The van der Waals surface area contributed by atoms with Crippen LogP contribution in [0.3, 0.4) is 0 Å². The van der Waals surface area contributed by atoms with Gasteiger partial charge in [0.15, 0.2) is 0 Å². The van der Waals surface area contributed by atoms with Gasteiger partial charge in [-0.1, -0.05) is 0 Å². The number of rotatable bonds is 2. The van der Waals surface area contributed by atoms with E-state index in [2.05, 4.69) is 10.3 Å². The van der Waals surface area contributed by atoms with E-state index in [4.69, 9.17) is 0 Å². The molecule has 11 heavy (non-hydrogen) atoms. The number of nitrogens with zero attached hydrogens (tertiary/aromatic N) is 1. The van der Waals surface area contributed by atoms with Crippen molar-refractivity contribution in [3.63, 3.8) is 0 Å². The van der Waals surface area contributed by atoms with Crippen LogP contribution in [0.15, 0.2) is 5.38 Å². The Bertz CT molecular complexity index is 261. The largest absolute Gasteiger partial charge is 0.342 e. The van der Waals surface area contributed by atoms with Crippen LogP contribution >= 0.6 is 33.9 Å². The molecule has 0 saturated carbocycles. The topological polar surface area (TPSA) is 42.0 Å². The van der Waals surface area contributed by atoms with Crippen LogP contribution in [-0.4, -0.2) is 8.90 Å². The minimum absolute atomic E-state index is 0.0479. The van der Waals surface area contributed by atoms with Crippen molar-refractivity contribution in [1.29, 1.82) is 0 Å². The maximum atomic E-state index is 10.5. The second-order valence-corrected chi connectivity index (χ2v) is 4.03. The lowest BCUT2D eigenvalue weighted by Gasteiger charge is -1.94. The van der Waals surface area contributed by atoms with E-state index < -0.39 is 0 Å². The smallest absolute Gasteiger partial charge is 0.280 e. The molecule has 5 heteroatoms. The first kappa shape index (κ1) is 8.92. The monoisotopic (exact) mass is 282 g/mol. The first-order valence-electron chi connectivity index (χ1n) is 3.03. The fraction of sp³-hybridized carbons (Fsp3) is 0.333. The molecule has 1 aromatic heterocycles. The molecule has 60 valence electrons. The zero-order valence-corrected chi connectivity index (χ0v) is 8.90. The van der Waals surface area contributed by atoms with Crippen LogP contribution in [0.25, 0.3) is 0 Å². The molecule has 0 spiro atoms. The van der Waals surface area contributed by atoms with Crippen molar-refractivity contribution in [2.45, 2.75) is 13.5 Å². The maximum Gasteiger partial charge on any atom is 0.280 e. The summed E-state index contributed by atoms with van der Waals surface area (Å²) in [4.78, 5) is 14.7. The molecule has 1 rings (SSSR count). The average molecular weight is 282 g/mol. The Morgan fingerprint density at radius 2 is 2.64 bits per heavy atom. The van der Waals surface area contributed by atoms with Gasteiger partial charge >= 0.3 is 0 Å². The Labute approximate surface area is 82.4 Å². The lowest BCUT2D eigenvalue weighted by atomic mass is 10.5. The molecule has 0 radical (unpaired) electrons. The first-order valence-corrected chi connectivity index (χ1v) is 4.98. The Balaban J connectivity index is 2.45. The number of thiazole rings is 1. The van der Waals surface area contributed by atoms with Gasteiger partial charge in [-0.25, -0.2) is 4.98 Å². The van der Waals surface area contributed by atoms with Crippen LogP contribution in [0.1, 0.15) is 10.7 Å². The summed E-state index contributed by atoms with van der Waals surface area (Å²) in [5, 5.41) is 5.64. The van der Waals surface area contributed by atoms with Gasteiger partial charge < -0.3 is 5.32 Å². The maximum absolute atomic E-state index is 10.5. The van der Waals surface area contributed by atoms with Crippen molar-refractivity contribution in [1.82, 2.24) is 10.3 Å². The van der Waals surface area contributed by atoms with Crippen LogP contribution in [0.4, 0.5) is 4.79 Å². The summed E-state index contributed by atoms with van der Waals surface area (Å²) in [6.45, 7) is 2.48. The molecule has 1 N–H and O–H groups in total. The Kier molecular flexibility index (Phi) is 3.25. The molecule has 0 bridgehead atoms. The predicted molar refractivity (Wildman–Crippen MR) is 53.1 cm³/mol. The number of carbonyl (C=O) groups is 1. The van der Waals surface area contributed by atoms with Crippen LogP contribution in [0.2, 0.25) is 0 Å². The number of nitrogens with one attached hydrogen (secondary N) is 1. The summed E-state index contributed by atoms with van der Waals surface area (Å²) in [6, 6.07) is 0. The Hall–Kier alpha value is -0.170. The third-order valence-electron chi connectivity index (χ3n) is 1.08. The third kappa shape index (κ3) is 3.15. The summed E-state index contributed by atoms with van der Waals surface area (Å²) in [7, 11) is 0. The van der Waals surface area contributed by atoms with E-state index in [0.29, 0.717) is 6.54 Å². The number of aromatic nitrogens is 1. The first-order chi connectivity index (χ1) is 5.18. The van der Waals surface area contributed by atoms with Gasteiger partial charge in [0.2, 0.25) is 0 Å². The van der Waals surface area contributed by atoms with E-state index in [9.17, 15) is 4.79 Å². The summed E-state index contributed by atoms with van der Waals surface area (Å²) < 4.78 is -0.0479. The van der Waals surface area contributed by atoms with Gasteiger partial charge in [-0.15, -0.1) is 11.3 Å². The van der Waals surface area contributed by atoms with E-state index in [-0.39, 0.29) is 3.91 Å². The number of halogens is 1. The van der Waals surface area contributed by atoms with Crippen LogP contribution in [0, 0.1) is 6.92 Å². The van der Waals surface area contributed by atoms with Gasteiger partial charge in [0.25, 0.3) is 3.91 Å². The van der Waals surface area contributed by atoms with Gasteiger partial charge in [0.05, 0.1) is 17.2 Å². The van der Waals surface area contributed by atoms with Crippen molar-refractivity contribution in [3.8, 4) is 0 Å². The van der Waals surface area contributed by atoms with Gasteiger partial charge in [-0.3, -0.25) is 4.79 Å². The van der Waals surface area contributed by atoms with Crippen LogP contribution in [-0.2, 0) is 6.54 Å². The van der Waals surface area contributed by atoms with Crippen molar-refractivity contribution in [2.75, 3.05) is 0 Å². The molecule has 0 aliphatic carbocycles. The van der Waals surface area contributed by atoms with Gasteiger partial charge in [0, 0.05) is 28.0 Å². The Morgan fingerprint density at radius 3 is 3.09 bits per heavy atom. The minimum Gasteiger partial charge on any atom is -0.342 e. The molecule has 3 nitrogen and oxygen atoms in total. The highest BCUT2D eigenvalue weighted by molar-refractivity contribution is 14.1. The van der Waals surface area contributed by atoms with E-state index in [1.165, 1.54) is 0 Å². The second-order valence-electron chi connectivity index (χ2n) is 1.99. The van der Waals surface area contributed by atoms with E-state index in [1.807, 2.05) is 12.3 Å². The third-order valence-corrected chi connectivity index (χ3v) is 2.28. The molecular formula is C6H7IN2OS. The van der Waals surface area contributed by atoms with Crippen molar-refractivity contribution < 1.29 is 4.79 Å². The average Bonchev–Trinajstić information content (AvgIpc) is 2.31. The van der Waals surface area contributed by atoms with Crippen molar-refractivity contribution >= 4 is 37.8 Å². The molecule has 0 aliphatic heterocycles. The predicted octanol–water partition coefficient (Wildman–Crippen LogP) is 2.10. The molecular weight excluding hydrogens is 275 g/mol. The standard InChI is InChI=1S/C6H7IN2OS/c1-4-9-5(3-11-4)2-8-6(7)10/h3H,2H2,1H3,(H,8,10). The highest BCUT2D eigenvalue weighted by Crippen LogP contribution is 2.07. The van der Waals surface area contributed by atoms with Crippen LogP contribution < -0.4 is 5.32 Å². The fourth-order valence-corrected chi connectivity index (χ4v) is 1.45. The SMILES string of the molecule is Cc1nc(CNC(=O)I)cs1. The number of aryl methyl sites for hydroxylation is 1. The minimum atomic E-state index is -0.0479. The number of carbonyl (C=O) groups excluding carboxylic acids is 1. The number of hydrogen-bond acceptors (Lipinski definition) is 3. The molecule has 0 atom stereocenters. The normalized spacial score (nSPS) is 9.64. The van der Waals surface area contributed by atoms with Gasteiger partial charge in [-0.05, 0) is 6.92 Å². The highest BCUT2D eigenvalue weighted by atomic mass is 127. The second kappa shape index (κ2) is 4.01. The molecule has 0 unspecified atom stereocenters. The molecule has 0 aliphatic rings.